The Labute approximate surface area is 117 Å². The maximum Gasteiger partial charge on any atom is 0.0487 e. The SMILES string of the molecule is C.CCc1cc(Cl)c(-c2ccccc2)cc1Br. The van der Waals surface area contributed by atoms with Crippen LogP contribution in [-0.4, -0.2) is 0 Å². The van der Waals surface area contributed by atoms with Gasteiger partial charge in [-0.05, 0) is 29.7 Å². The van der Waals surface area contributed by atoms with Crippen molar-refractivity contribution in [1.82, 2.24) is 0 Å². The molecule has 90 valence electrons. The quantitative estimate of drug-likeness (QED) is 0.641. The lowest BCUT2D eigenvalue weighted by Gasteiger charge is -2.08. The van der Waals surface area contributed by atoms with Crippen molar-refractivity contribution >= 4 is 27.5 Å². The van der Waals surface area contributed by atoms with E-state index in [1.54, 1.807) is 0 Å². The highest BCUT2D eigenvalue weighted by Crippen LogP contribution is 2.33. The minimum atomic E-state index is 0. The molecule has 0 amide bonds. The molecule has 2 rings (SSSR count). The fourth-order valence-corrected chi connectivity index (χ4v) is 2.62. The normalized spacial score (nSPS) is 9.82. The van der Waals surface area contributed by atoms with Gasteiger partial charge in [0, 0.05) is 15.1 Å². The molecule has 0 aromatic heterocycles. The smallest absolute Gasteiger partial charge is 0.0487 e. The molecule has 2 heteroatoms. The summed E-state index contributed by atoms with van der Waals surface area (Å²) in [4.78, 5) is 0. The molecule has 0 bridgehead atoms. The Kier molecular flexibility index (Phi) is 5.23. The van der Waals surface area contributed by atoms with E-state index in [1.807, 2.05) is 24.3 Å². The molecule has 0 aliphatic rings. The zero-order valence-electron chi connectivity index (χ0n) is 9.00. The van der Waals surface area contributed by atoms with E-state index in [0.717, 1.165) is 27.0 Å². The Morgan fingerprint density at radius 1 is 1.12 bits per heavy atom. The van der Waals surface area contributed by atoms with E-state index in [4.69, 9.17) is 11.6 Å². The van der Waals surface area contributed by atoms with Crippen LogP contribution >= 0.6 is 27.5 Å². The summed E-state index contributed by atoms with van der Waals surface area (Å²) in [6, 6.07) is 14.3. The van der Waals surface area contributed by atoms with Crippen LogP contribution < -0.4 is 0 Å². The van der Waals surface area contributed by atoms with Crippen molar-refractivity contribution in [1.29, 1.82) is 0 Å². The van der Waals surface area contributed by atoms with E-state index in [-0.39, 0.29) is 7.43 Å². The molecule has 0 unspecified atom stereocenters. The number of hydrogen-bond acceptors (Lipinski definition) is 0. The van der Waals surface area contributed by atoms with Gasteiger partial charge in [0.05, 0.1) is 0 Å². The molecule has 0 radical (unpaired) electrons. The van der Waals surface area contributed by atoms with Crippen LogP contribution in [0.5, 0.6) is 0 Å². The summed E-state index contributed by atoms with van der Waals surface area (Å²) in [6.45, 7) is 2.12. The predicted molar refractivity (Wildman–Crippen MR) is 80.7 cm³/mol. The highest BCUT2D eigenvalue weighted by atomic mass is 79.9. The molecule has 0 spiro atoms. The van der Waals surface area contributed by atoms with Crippen molar-refractivity contribution in [2.75, 3.05) is 0 Å². The van der Waals surface area contributed by atoms with Crippen molar-refractivity contribution in [3.05, 3.63) is 57.5 Å². The lowest BCUT2D eigenvalue weighted by molar-refractivity contribution is 1.13. The highest BCUT2D eigenvalue weighted by molar-refractivity contribution is 9.10. The van der Waals surface area contributed by atoms with Gasteiger partial charge in [-0.2, -0.15) is 0 Å². The summed E-state index contributed by atoms with van der Waals surface area (Å²) in [7, 11) is 0. The average Bonchev–Trinajstić information content (AvgIpc) is 2.32. The first kappa shape index (κ1) is 14.3. The highest BCUT2D eigenvalue weighted by Gasteiger charge is 2.07. The standard InChI is InChI=1S/C14H12BrCl.CH4/c1-2-10-8-14(16)12(9-13(10)15)11-6-4-3-5-7-11;/h3-9H,2H2,1H3;1H4. The lowest BCUT2D eigenvalue weighted by Crippen LogP contribution is -1.86. The molecule has 0 saturated carbocycles. The second kappa shape index (κ2) is 6.23. The van der Waals surface area contributed by atoms with Crippen LogP contribution in [0.15, 0.2) is 46.9 Å². The maximum absolute atomic E-state index is 6.29. The molecule has 17 heavy (non-hydrogen) atoms. The van der Waals surface area contributed by atoms with Crippen LogP contribution in [-0.2, 0) is 6.42 Å². The maximum atomic E-state index is 6.29. The summed E-state index contributed by atoms with van der Waals surface area (Å²) in [5.41, 5.74) is 3.46. The molecule has 0 aliphatic carbocycles. The topological polar surface area (TPSA) is 0 Å². The molecule has 0 heterocycles. The van der Waals surface area contributed by atoms with Crippen LogP contribution in [0, 0.1) is 0 Å². The van der Waals surface area contributed by atoms with Crippen molar-refractivity contribution in [3.63, 3.8) is 0 Å². The van der Waals surface area contributed by atoms with Gasteiger partial charge in [-0.15, -0.1) is 0 Å². The molecular formula is C15H16BrCl. The Hall–Kier alpha value is -0.790. The fraction of sp³-hybridized carbons (Fsp3) is 0.200. The summed E-state index contributed by atoms with van der Waals surface area (Å²) in [6.07, 6.45) is 0.982. The third-order valence-electron chi connectivity index (χ3n) is 2.60. The molecule has 0 N–H and O–H groups in total. The summed E-state index contributed by atoms with van der Waals surface area (Å²) >= 11 is 9.87. The molecular weight excluding hydrogens is 296 g/mol. The van der Waals surface area contributed by atoms with E-state index in [1.165, 1.54) is 5.56 Å². The first-order valence-corrected chi connectivity index (χ1v) is 6.42. The van der Waals surface area contributed by atoms with Gasteiger partial charge in [0.1, 0.15) is 0 Å². The van der Waals surface area contributed by atoms with Crippen LogP contribution in [0.3, 0.4) is 0 Å². The average molecular weight is 312 g/mol. The van der Waals surface area contributed by atoms with Gasteiger partial charge in [0.25, 0.3) is 0 Å². The Balaban J connectivity index is 0.00000144. The van der Waals surface area contributed by atoms with Gasteiger partial charge in [0.15, 0.2) is 0 Å². The monoisotopic (exact) mass is 310 g/mol. The lowest BCUT2D eigenvalue weighted by atomic mass is 10.0. The molecule has 2 aromatic carbocycles. The van der Waals surface area contributed by atoms with Crippen LogP contribution in [0.25, 0.3) is 11.1 Å². The Morgan fingerprint density at radius 2 is 1.76 bits per heavy atom. The largest absolute Gasteiger partial charge is 0.0837 e. The van der Waals surface area contributed by atoms with Gasteiger partial charge in [-0.1, -0.05) is 72.2 Å². The third kappa shape index (κ3) is 3.11. The number of aryl methyl sites for hydroxylation is 1. The summed E-state index contributed by atoms with van der Waals surface area (Å²) in [5, 5.41) is 0.811. The minimum Gasteiger partial charge on any atom is -0.0837 e. The van der Waals surface area contributed by atoms with E-state index in [2.05, 4.69) is 41.1 Å². The molecule has 0 aliphatic heterocycles. The number of rotatable bonds is 2. The first-order chi connectivity index (χ1) is 7.72. The first-order valence-electron chi connectivity index (χ1n) is 5.25. The zero-order valence-corrected chi connectivity index (χ0v) is 11.3. The molecule has 2 aromatic rings. The van der Waals surface area contributed by atoms with Gasteiger partial charge in [0.2, 0.25) is 0 Å². The van der Waals surface area contributed by atoms with Crippen molar-refractivity contribution < 1.29 is 0 Å². The van der Waals surface area contributed by atoms with Gasteiger partial charge in [-0.3, -0.25) is 0 Å². The van der Waals surface area contributed by atoms with E-state index < -0.39 is 0 Å². The predicted octanol–water partition coefficient (Wildman–Crippen LogP) is 5.97. The van der Waals surface area contributed by atoms with Crippen molar-refractivity contribution in [3.8, 4) is 11.1 Å². The minimum absolute atomic E-state index is 0. The van der Waals surface area contributed by atoms with E-state index >= 15 is 0 Å². The summed E-state index contributed by atoms with van der Waals surface area (Å²) in [5.74, 6) is 0. The number of hydrogen-bond donors (Lipinski definition) is 0. The number of benzene rings is 2. The van der Waals surface area contributed by atoms with Crippen LogP contribution in [0.2, 0.25) is 5.02 Å². The van der Waals surface area contributed by atoms with Gasteiger partial charge >= 0.3 is 0 Å². The molecule has 0 atom stereocenters. The number of halogens is 2. The van der Waals surface area contributed by atoms with E-state index in [0.29, 0.717) is 0 Å². The molecule has 0 fully saturated rings. The second-order valence-corrected chi connectivity index (χ2v) is 4.90. The second-order valence-electron chi connectivity index (χ2n) is 3.64. The molecule has 0 saturated heterocycles. The zero-order chi connectivity index (χ0) is 11.5. The van der Waals surface area contributed by atoms with Crippen LogP contribution in [0.1, 0.15) is 19.9 Å². The summed E-state index contributed by atoms with van der Waals surface area (Å²) < 4.78 is 1.12. The van der Waals surface area contributed by atoms with Crippen molar-refractivity contribution in [2.45, 2.75) is 20.8 Å². The third-order valence-corrected chi connectivity index (χ3v) is 3.65. The van der Waals surface area contributed by atoms with Gasteiger partial charge < -0.3 is 0 Å². The Bertz CT molecular complexity index is 492. The van der Waals surface area contributed by atoms with E-state index in [9.17, 15) is 0 Å². The fourth-order valence-electron chi connectivity index (χ4n) is 1.70. The van der Waals surface area contributed by atoms with Crippen LogP contribution in [0.4, 0.5) is 0 Å². The van der Waals surface area contributed by atoms with Gasteiger partial charge in [-0.25, -0.2) is 0 Å². The molecule has 0 nitrogen and oxygen atoms in total. The Morgan fingerprint density at radius 3 is 2.35 bits per heavy atom. The van der Waals surface area contributed by atoms with Crippen molar-refractivity contribution in [2.24, 2.45) is 0 Å².